The fourth-order valence-corrected chi connectivity index (χ4v) is 8.94. The molecule has 2 nitrogen and oxygen atoms in total. The van der Waals surface area contributed by atoms with Gasteiger partial charge in [-0.3, -0.25) is 4.98 Å². The molecule has 2 heteroatoms. The zero-order chi connectivity index (χ0) is 31.7. The third kappa shape index (κ3) is 3.29. The first-order valence-corrected chi connectivity index (χ1v) is 16.8. The van der Waals surface area contributed by atoms with Gasteiger partial charge in [-0.15, -0.1) is 0 Å². The first-order chi connectivity index (χ1) is 23.6. The van der Waals surface area contributed by atoms with Crippen molar-refractivity contribution in [2.24, 2.45) is 0 Å². The van der Waals surface area contributed by atoms with Crippen LogP contribution in [0.4, 0.5) is 0 Å². The average Bonchev–Trinajstić information content (AvgIpc) is 3.58. The van der Waals surface area contributed by atoms with Crippen molar-refractivity contribution < 1.29 is 0 Å². The van der Waals surface area contributed by atoms with Crippen LogP contribution in [0, 0.1) is 0 Å². The van der Waals surface area contributed by atoms with Crippen LogP contribution in [0.25, 0.3) is 92.8 Å². The molecule has 0 saturated heterocycles. The first-order valence-electron chi connectivity index (χ1n) is 16.8. The highest BCUT2D eigenvalue weighted by molar-refractivity contribution is 6.34. The number of rotatable bonds is 2. The van der Waals surface area contributed by atoms with Crippen LogP contribution in [-0.4, -0.2) is 9.55 Å². The summed E-state index contributed by atoms with van der Waals surface area (Å²) < 4.78 is 2.46. The van der Waals surface area contributed by atoms with Crippen molar-refractivity contribution in [2.75, 3.05) is 0 Å². The number of hydrogen-bond donors (Lipinski definition) is 0. The van der Waals surface area contributed by atoms with Crippen LogP contribution in [0.1, 0.15) is 25.0 Å². The zero-order valence-corrected chi connectivity index (χ0v) is 26.8. The molecule has 1 aliphatic rings. The second kappa shape index (κ2) is 9.08. The molecule has 48 heavy (non-hydrogen) atoms. The predicted octanol–water partition coefficient (Wildman–Crippen LogP) is 12.2. The van der Waals surface area contributed by atoms with Gasteiger partial charge in [0.2, 0.25) is 0 Å². The third-order valence-corrected chi connectivity index (χ3v) is 11.2. The Balaban J connectivity index is 1.20. The Morgan fingerprint density at radius 1 is 0.479 bits per heavy atom. The molecule has 224 valence electrons. The second-order valence-corrected chi connectivity index (χ2v) is 14.0. The van der Waals surface area contributed by atoms with Crippen molar-refractivity contribution in [3.8, 4) is 27.9 Å². The molecule has 2 heterocycles. The molecule has 1 aliphatic carbocycles. The summed E-state index contributed by atoms with van der Waals surface area (Å²) in [6.45, 7) is 4.71. The molecule has 8 aromatic carbocycles. The molecule has 0 spiro atoms. The van der Waals surface area contributed by atoms with Crippen molar-refractivity contribution in [1.82, 2.24) is 9.55 Å². The molecule has 0 aliphatic heterocycles. The Labute approximate surface area is 277 Å². The number of fused-ring (bicyclic) bond motifs is 8. The molecule has 0 amide bonds. The Hall–Kier alpha value is -5.99. The number of nitrogens with zero attached hydrogens (tertiary/aromatic N) is 2. The van der Waals surface area contributed by atoms with Gasteiger partial charge in [-0.1, -0.05) is 117 Å². The molecule has 0 unspecified atom stereocenters. The molecule has 0 saturated carbocycles. The van der Waals surface area contributed by atoms with Gasteiger partial charge >= 0.3 is 0 Å². The molecule has 0 bridgehead atoms. The van der Waals surface area contributed by atoms with Crippen molar-refractivity contribution in [3.05, 3.63) is 157 Å². The highest BCUT2D eigenvalue weighted by Gasteiger charge is 2.35. The van der Waals surface area contributed by atoms with Gasteiger partial charge in [0.15, 0.2) is 0 Å². The van der Waals surface area contributed by atoms with E-state index in [4.69, 9.17) is 0 Å². The maximum atomic E-state index is 4.65. The highest BCUT2D eigenvalue weighted by atomic mass is 15.0. The quantitative estimate of drug-likeness (QED) is 0.178. The number of aromatic nitrogens is 2. The maximum absolute atomic E-state index is 4.65. The minimum absolute atomic E-state index is 0.0677. The van der Waals surface area contributed by atoms with Crippen molar-refractivity contribution in [3.63, 3.8) is 0 Å². The van der Waals surface area contributed by atoms with Gasteiger partial charge in [0.1, 0.15) is 0 Å². The molecule has 2 aromatic heterocycles. The number of hydrogen-bond acceptors (Lipinski definition) is 1. The second-order valence-electron chi connectivity index (χ2n) is 14.0. The summed E-state index contributed by atoms with van der Waals surface area (Å²) in [5.41, 5.74) is 11.5. The van der Waals surface area contributed by atoms with E-state index in [1.807, 2.05) is 6.20 Å². The van der Waals surface area contributed by atoms with Crippen LogP contribution in [-0.2, 0) is 5.41 Å². The fraction of sp³-hybridized carbons (Fsp3) is 0.0652. The van der Waals surface area contributed by atoms with E-state index in [9.17, 15) is 0 Å². The van der Waals surface area contributed by atoms with E-state index in [1.165, 1.54) is 104 Å². The Morgan fingerprint density at radius 2 is 1.21 bits per heavy atom. The van der Waals surface area contributed by atoms with Crippen LogP contribution < -0.4 is 0 Å². The summed E-state index contributed by atoms with van der Waals surface area (Å²) in [7, 11) is 0. The van der Waals surface area contributed by atoms with Crippen LogP contribution >= 0.6 is 0 Å². The van der Waals surface area contributed by atoms with Crippen molar-refractivity contribution in [1.29, 1.82) is 0 Å². The molecule has 0 atom stereocenters. The van der Waals surface area contributed by atoms with Gasteiger partial charge in [-0.05, 0) is 107 Å². The van der Waals surface area contributed by atoms with E-state index < -0.39 is 0 Å². The van der Waals surface area contributed by atoms with Gasteiger partial charge in [0, 0.05) is 34.3 Å². The fourth-order valence-electron chi connectivity index (χ4n) is 8.94. The summed E-state index contributed by atoms with van der Waals surface area (Å²) in [5.74, 6) is 0. The average molecular weight is 611 g/mol. The lowest BCUT2D eigenvalue weighted by Gasteiger charge is -2.22. The normalized spacial score (nSPS) is 13.8. The van der Waals surface area contributed by atoms with E-state index >= 15 is 0 Å². The maximum Gasteiger partial charge on any atom is 0.0572 e. The van der Waals surface area contributed by atoms with Gasteiger partial charge in [0.25, 0.3) is 0 Å². The smallest absolute Gasteiger partial charge is 0.0572 e. The minimum Gasteiger partial charge on any atom is -0.309 e. The Kier molecular flexibility index (Phi) is 4.94. The Bertz CT molecular complexity index is 2980. The van der Waals surface area contributed by atoms with E-state index in [-0.39, 0.29) is 5.41 Å². The van der Waals surface area contributed by atoms with E-state index in [1.54, 1.807) is 0 Å². The molecule has 0 fully saturated rings. The lowest BCUT2D eigenvalue weighted by molar-refractivity contribution is 0.660. The van der Waals surface area contributed by atoms with Crippen LogP contribution in [0.2, 0.25) is 0 Å². The van der Waals surface area contributed by atoms with Crippen LogP contribution in [0.5, 0.6) is 0 Å². The molecular weight excluding hydrogens is 581 g/mol. The first kappa shape index (κ1) is 26.1. The van der Waals surface area contributed by atoms with E-state index in [0.29, 0.717) is 0 Å². The Morgan fingerprint density at radius 3 is 2.15 bits per heavy atom. The van der Waals surface area contributed by atoms with Gasteiger partial charge in [0.05, 0.1) is 11.0 Å². The summed E-state index contributed by atoms with van der Waals surface area (Å²) in [4.78, 5) is 4.65. The van der Waals surface area contributed by atoms with Gasteiger partial charge in [-0.2, -0.15) is 0 Å². The SMILES string of the molecule is CC1(C)c2ccccc2-c2ccc(-n3c4ccncc4c4c5ccc6ccc(-c7ccc8ccccc8c7)c7ccc(cc43)c5c67)cc21. The van der Waals surface area contributed by atoms with Crippen LogP contribution in [0.3, 0.4) is 0 Å². The van der Waals surface area contributed by atoms with E-state index in [2.05, 4.69) is 163 Å². The van der Waals surface area contributed by atoms with Crippen molar-refractivity contribution >= 4 is 64.9 Å². The molecule has 0 radical (unpaired) electrons. The molecular formula is C46H30N2. The molecule has 11 rings (SSSR count). The summed E-state index contributed by atoms with van der Waals surface area (Å²) >= 11 is 0. The van der Waals surface area contributed by atoms with Crippen LogP contribution in [0.15, 0.2) is 146 Å². The summed E-state index contributed by atoms with van der Waals surface area (Å²) in [6.07, 6.45) is 3.98. The predicted molar refractivity (Wildman–Crippen MR) is 203 cm³/mol. The monoisotopic (exact) mass is 610 g/mol. The summed E-state index contributed by atoms with van der Waals surface area (Å²) in [5, 5.41) is 12.7. The van der Waals surface area contributed by atoms with Crippen molar-refractivity contribution in [2.45, 2.75) is 19.3 Å². The summed E-state index contributed by atoms with van der Waals surface area (Å²) in [6, 6.07) is 49.9. The zero-order valence-electron chi connectivity index (χ0n) is 26.8. The molecule has 10 aromatic rings. The topological polar surface area (TPSA) is 17.8 Å². The standard InChI is InChI=1S/C46H30N2/c1-46(2)39-10-6-5-9-34(39)35-20-16-32(25-40(35)46)48-41-21-22-47-26-38(41)45-37-19-14-28-13-17-33(30-12-11-27-7-3-4-8-29(27)23-30)36-18-15-31(24-42(45)48)44(37)43(28)36/h3-26H,1-2H3. The number of pyridine rings is 1. The lowest BCUT2D eigenvalue weighted by Crippen LogP contribution is -2.15. The van der Waals surface area contributed by atoms with E-state index in [0.717, 1.165) is 0 Å². The lowest BCUT2D eigenvalue weighted by atomic mass is 9.82. The molecule has 0 N–H and O–H groups in total. The number of benzene rings is 8. The minimum atomic E-state index is -0.0677. The van der Waals surface area contributed by atoms with Gasteiger partial charge < -0.3 is 4.57 Å². The van der Waals surface area contributed by atoms with Gasteiger partial charge in [-0.25, -0.2) is 0 Å². The third-order valence-electron chi connectivity index (χ3n) is 11.2. The largest absolute Gasteiger partial charge is 0.309 e. The highest BCUT2D eigenvalue weighted by Crippen LogP contribution is 2.50.